The zero-order chi connectivity index (χ0) is 25.5. The molecule has 184 valence electrons. The van der Waals surface area contributed by atoms with Crippen LogP contribution in [0.15, 0.2) is 83.4 Å². The predicted octanol–water partition coefficient (Wildman–Crippen LogP) is 6.06. The molecule has 0 bridgehead atoms. The highest BCUT2D eigenvalue weighted by molar-refractivity contribution is 7.92. The topological polar surface area (TPSA) is 90.0 Å². The molecule has 0 saturated carbocycles. The van der Waals surface area contributed by atoms with Crippen LogP contribution in [0.3, 0.4) is 0 Å². The van der Waals surface area contributed by atoms with Gasteiger partial charge in [0.2, 0.25) is 21.8 Å². The largest absolute Gasteiger partial charge is 0.418 e. The third-order valence-electron chi connectivity index (χ3n) is 6.14. The first-order chi connectivity index (χ1) is 17.2. The zero-order valence-corrected chi connectivity index (χ0v) is 21.0. The average Bonchev–Trinajstić information content (AvgIpc) is 3.50. The maximum atomic E-state index is 13.5. The molecule has 2 aromatic heterocycles. The van der Waals surface area contributed by atoms with Crippen LogP contribution in [0.4, 0.5) is 10.1 Å². The first-order valence-electron chi connectivity index (χ1n) is 11.2. The second-order valence-electron chi connectivity index (χ2n) is 8.44. The van der Waals surface area contributed by atoms with E-state index in [2.05, 4.69) is 14.9 Å². The fourth-order valence-electron chi connectivity index (χ4n) is 4.51. The van der Waals surface area contributed by atoms with Crippen molar-refractivity contribution in [1.82, 2.24) is 14.8 Å². The summed E-state index contributed by atoms with van der Waals surface area (Å²) in [5.74, 6) is 0.221. The van der Waals surface area contributed by atoms with Gasteiger partial charge in [0.05, 0.1) is 17.5 Å². The number of nitrogens with one attached hydrogen (secondary N) is 1. The van der Waals surface area contributed by atoms with E-state index in [1.165, 1.54) is 12.1 Å². The quantitative estimate of drug-likeness (QED) is 0.279. The standard InChI is InChI=1S/C26H22ClFN4O3S/c1-3-26(18-9-11-19(27)12-10-18,25-30-29-24(35-25)17-7-13-20(28)14-8-17)32-16-15-21-22(31-36(2,33)34)5-4-6-23(21)32/h4-16,31H,3H2,1-2H3/t26-/m1/s1. The third-order valence-corrected chi connectivity index (χ3v) is 6.99. The summed E-state index contributed by atoms with van der Waals surface area (Å²) in [6, 6.07) is 20.5. The lowest BCUT2D eigenvalue weighted by Crippen LogP contribution is -2.35. The van der Waals surface area contributed by atoms with E-state index in [0.29, 0.717) is 34.0 Å². The molecule has 1 N–H and O–H groups in total. The van der Waals surface area contributed by atoms with Gasteiger partial charge in [0.25, 0.3) is 0 Å². The summed E-state index contributed by atoms with van der Waals surface area (Å²) in [7, 11) is -3.48. The molecule has 0 radical (unpaired) electrons. The Bertz CT molecular complexity index is 1650. The van der Waals surface area contributed by atoms with E-state index in [-0.39, 0.29) is 11.7 Å². The minimum absolute atomic E-state index is 0.257. The molecule has 0 saturated heterocycles. The van der Waals surface area contributed by atoms with E-state index in [1.54, 1.807) is 36.4 Å². The molecular weight excluding hydrogens is 503 g/mol. The number of anilines is 1. The number of benzene rings is 3. The Balaban J connectivity index is 1.75. The van der Waals surface area contributed by atoms with Gasteiger partial charge in [-0.25, -0.2) is 12.8 Å². The summed E-state index contributed by atoms with van der Waals surface area (Å²) >= 11 is 6.20. The first kappa shape index (κ1) is 24.0. The van der Waals surface area contributed by atoms with Crippen molar-refractivity contribution in [3.63, 3.8) is 0 Å². The number of halogens is 2. The number of nitrogens with zero attached hydrogens (tertiary/aromatic N) is 3. The molecule has 1 atom stereocenters. The van der Waals surface area contributed by atoms with Gasteiger partial charge in [-0.1, -0.05) is 36.7 Å². The van der Waals surface area contributed by atoms with Crippen LogP contribution in [0.5, 0.6) is 0 Å². The molecular formula is C26H22ClFN4O3S. The fraction of sp³-hybridized carbons (Fsp3) is 0.154. The Hall–Kier alpha value is -3.69. The molecule has 5 rings (SSSR count). The second kappa shape index (κ2) is 9.07. The Morgan fingerprint density at radius 3 is 2.42 bits per heavy atom. The minimum atomic E-state index is -3.48. The van der Waals surface area contributed by atoms with Gasteiger partial charge < -0.3 is 8.98 Å². The van der Waals surface area contributed by atoms with Crippen LogP contribution in [-0.2, 0) is 15.6 Å². The maximum Gasteiger partial charge on any atom is 0.247 e. The molecule has 10 heteroatoms. The van der Waals surface area contributed by atoms with Crippen molar-refractivity contribution in [2.75, 3.05) is 11.0 Å². The number of aromatic nitrogens is 3. The molecule has 36 heavy (non-hydrogen) atoms. The van der Waals surface area contributed by atoms with Crippen molar-refractivity contribution in [2.45, 2.75) is 18.9 Å². The number of rotatable bonds is 7. The summed E-state index contributed by atoms with van der Waals surface area (Å²) < 4.78 is 48.2. The molecule has 0 aliphatic heterocycles. The molecule has 0 fully saturated rings. The maximum absolute atomic E-state index is 13.5. The highest BCUT2D eigenvalue weighted by Crippen LogP contribution is 2.41. The van der Waals surface area contributed by atoms with E-state index in [4.69, 9.17) is 16.0 Å². The number of fused-ring (bicyclic) bond motifs is 1. The van der Waals surface area contributed by atoms with Crippen LogP contribution in [0.25, 0.3) is 22.4 Å². The van der Waals surface area contributed by atoms with Gasteiger partial charge in [-0.3, -0.25) is 4.72 Å². The molecule has 0 unspecified atom stereocenters. The van der Waals surface area contributed by atoms with E-state index in [9.17, 15) is 12.8 Å². The van der Waals surface area contributed by atoms with E-state index < -0.39 is 15.6 Å². The SMILES string of the molecule is CC[C@@](c1ccc(Cl)cc1)(c1nnc(-c2ccc(F)cc2)o1)n1ccc2c(NS(C)(=O)=O)cccc21. The van der Waals surface area contributed by atoms with Crippen LogP contribution in [-0.4, -0.2) is 29.4 Å². The van der Waals surface area contributed by atoms with Crippen molar-refractivity contribution < 1.29 is 17.2 Å². The molecule has 0 spiro atoms. The van der Waals surface area contributed by atoms with Gasteiger partial charge in [-0.15, -0.1) is 10.2 Å². The lowest BCUT2D eigenvalue weighted by molar-refractivity contribution is 0.325. The number of sulfonamides is 1. The van der Waals surface area contributed by atoms with Crippen LogP contribution in [0.1, 0.15) is 24.8 Å². The van der Waals surface area contributed by atoms with Gasteiger partial charge in [0, 0.05) is 22.2 Å². The minimum Gasteiger partial charge on any atom is -0.418 e. The summed E-state index contributed by atoms with van der Waals surface area (Å²) in [6.07, 6.45) is 3.51. The normalized spacial score (nSPS) is 13.6. The summed E-state index contributed by atoms with van der Waals surface area (Å²) in [6.45, 7) is 2.00. The van der Waals surface area contributed by atoms with Gasteiger partial charge >= 0.3 is 0 Å². The van der Waals surface area contributed by atoms with Crippen molar-refractivity contribution >= 4 is 38.2 Å². The first-order valence-corrected chi connectivity index (χ1v) is 13.4. The Labute approximate surface area is 212 Å². The predicted molar refractivity (Wildman–Crippen MR) is 138 cm³/mol. The van der Waals surface area contributed by atoms with Gasteiger partial charge in [0.1, 0.15) is 11.4 Å². The number of hydrogen-bond donors (Lipinski definition) is 1. The Morgan fingerprint density at radius 1 is 1.03 bits per heavy atom. The van der Waals surface area contributed by atoms with E-state index >= 15 is 0 Å². The van der Waals surface area contributed by atoms with Crippen LogP contribution >= 0.6 is 11.6 Å². The van der Waals surface area contributed by atoms with Crippen molar-refractivity contribution in [2.24, 2.45) is 0 Å². The second-order valence-corrected chi connectivity index (χ2v) is 10.6. The lowest BCUT2D eigenvalue weighted by Gasteiger charge is -2.33. The molecule has 3 aromatic carbocycles. The zero-order valence-electron chi connectivity index (χ0n) is 19.4. The molecule has 2 heterocycles. The molecule has 0 aliphatic carbocycles. The molecule has 0 aliphatic rings. The van der Waals surface area contributed by atoms with E-state index in [1.807, 2.05) is 42.0 Å². The summed E-state index contributed by atoms with van der Waals surface area (Å²) in [5, 5.41) is 9.98. The van der Waals surface area contributed by atoms with Crippen molar-refractivity contribution in [3.8, 4) is 11.5 Å². The highest BCUT2D eigenvalue weighted by Gasteiger charge is 2.41. The van der Waals surface area contributed by atoms with Gasteiger partial charge in [0.15, 0.2) is 0 Å². The molecule has 5 aromatic rings. The lowest BCUT2D eigenvalue weighted by atomic mass is 9.86. The fourth-order valence-corrected chi connectivity index (χ4v) is 5.21. The Kier molecular flexibility index (Phi) is 6.05. The number of hydrogen-bond acceptors (Lipinski definition) is 5. The smallest absolute Gasteiger partial charge is 0.247 e. The van der Waals surface area contributed by atoms with Gasteiger partial charge in [-0.05, 0) is 66.6 Å². The van der Waals surface area contributed by atoms with E-state index in [0.717, 1.165) is 17.3 Å². The van der Waals surface area contributed by atoms with Crippen molar-refractivity contribution in [3.05, 3.63) is 101 Å². The van der Waals surface area contributed by atoms with Gasteiger partial charge in [-0.2, -0.15) is 0 Å². The van der Waals surface area contributed by atoms with Crippen LogP contribution < -0.4 is 4.72 Å². The van der Waals surface area contributed by atoms with Crippen LogP contribution in [0.2, 0.25) is 5.02 Å². The molecule has 7 nitrogen and oxygen atoms in total. The highest BCUT2D eigenvalue weighted by atomic mass is 35.5. The van der Waals surface area contributed by atoms with Crippen molar-refractivity contribution in [1.29, 1.82) is 0 Å². The average molecular weight is 525 g/mol. The Morgan fingerprint density at radius 2 is 1.75 bits per heavy atom. The monoisotopic (exact) mass is 524 g/mol. The third kappa shape index (κ3) is 4.25. The summed E-state index contributed by atoms with van der Waals surface area (Å²) in [4.78, 5) is 0. The molecule has 0 amide bonds. The van der Waals surface area contributed by atoms with Crippen LogP contribution in [0, 0.1) is 5.82 Å². The summed E-state index contributed by atoms with van der Waals surface area (Å²) in [5.41, 5.74) is 1.73.